The molecule has 0 aliphatic heterocycles. The van der Waals surface area contributed by atoms with Gasteiger partial charge in [0.05, 0.1) is 28.3 Å². The molecule has 2 heterocycles. The largest absolute Gasteiger partial charge is 0.292 e. The Labute approximate surface area is 116 Å². The Morgan fingerprint density at radius 3 is 2.79 bits per heavy atom. The van der Waals surface area contributed by atoms with Gasteiger partial charge in [0, 0.05) is 13.2 Å². The monoisotopic (exact) mass is 274 g/mol. The summed E-state index contributed by atoms with van der Waals surface area (Å²) in [5, 5.41) is 4.49. The zero-order valence-corrected chi connectivity index (χ0v) is 11.7. The molecule has 0 aliphatic carbocycles. The van der Waals surface area contributed by atoms with Crippen molar-refractivity contribution >= 4 is 22.6 Å². The van der Waals surface area contributed by atoms with E-state index in [1.54, 1.807) is 0 Å². The van der Waals surface area contributed by atoms with Gasteiger partial charge in [-0.25, -0.2) is 4.98 Å². The molecular formula is C14H15ClN4. The predicted molar refractivity (Wildman–Crippen MR) is 76.8 cm³/mol. The lowest BCUT2D eigenvalue weighted by atomic mass is 10.2. The van der Waals surface area contributed by atoms with E-state index in [2.05, 4.69) is 27.6 Å². The lowest BCUT2D eigenvalue weighted by molar-refractivity contribution is 0.746. The molecule has 3 rings (SSSR count). The van der Waals surface area contributed by atoms with Gasteiger partial charge in [0.1, 0.15) is 5.82 Å². The topological polar surface area (TPSA) is 35.6 Å². The lowest BCUT2D eigenvalue weighted by Gasteiger charge is -2.06. The molecule has 0 N–H and O–H groups in total. The summed E-state index contributed by atoms with van der Waals surface area (Å²) in [6.07, 6.45) is 2.90. The van der Waals surface area contributed by atoms with Crippen LogP contribution in [0.5, 0.6) is 0 Å². The molecule has 0 aliphatic rings. The molecule has 0 saturated carbocycles. The number of fused-ring (bicyclic) bond motifs is 1. The first-order chi connectivity index (χ1) is 9.24. The van der Waals surface area contributed by atoms with Crippen LogP contribution >= 0.6 is 11.6 Å². The van der Waals surface area contributed by atoms with Gasteiger partial charge in [0.2, 0.25) is 0 Å². The van der Waals surface area contributed by atoms with E-state index in [-0.39, 0.29) is 0 Å². The number of hydrogen-bond acceptors (Lipinski definition) is 2. The van der Waals surface area contributed by atoms with Crippen LogP contribution in [0.15, 0.2) is 30.5 Å². The van der Waals surface area contributed by atoms with Crippen molar-refractivity contribution in [1.82, 2.24) is 19.3 Å². The third kappa shape index (κ3) is 1.92. The van der Waals surface area contributed by atoms with E-state index < -0.39 is 0 Å². The summed E-state index contributed by atoms with van der Waals surface area (Å²) in [7, 11) is 1.93. The Morgan fingerprint density at radius 2 is 2.05 bits per heavy atom. The number of para-hydroxylation sites is 2. The average molecular weight is 275 g/mol. The number of halogens is 1. The maximum absolute atomic E-state index is 6.05. The van der Waals surface area contributed by atoms with Crippen molar-refractivity contribution in [1.29, 1.82) is 0 Å². The Balaban J connectivity index is 2.34. The second-order valence-corrected chi connectivity index (χ2v) is 4.74. The van der Waals surface area contributed by atoms with Gasteiger partial charge >= 0.3 is 0 Å². The summed E-state index contributed by atoms with van der Waals surface area (Å²) in [5.74, 6) is 1.23. The van der Waals surface area contributed by atoms with Gasteiger partial charge in [-0.05, 0) is 18.6 Å². The van der Waals surface area contributed by atoms with Gasteiger partial charge in [0.15, 0.2) is 0 Å². The van der Waals surface area contributed by atoms with Crippen molar-refractivity contribution in [2.24, 2.45) is 7.05 Å². The lowest BCUT2D eigenvalue weighted by Crippen LogP contribution is -2.01. The molecule has 0 atom stereocenters. The number of benzene rings is 1. The van der Waals surface area contributed by atoms with Crippen molar-refractivity contribution in [2.45, 2.75) is 19.2 Å². The SMILES string of the molecule is CCc1nn(C)cc1-n1c(CCl)nc2ccccc21. The summed E-state index contributed by atoms with van der Waals surface area (Å²) >= 11 is 6.05. The van der Waals surface area contributed by atoms with Gasteiger partial charge in [-0.2, -0.15) is 5.10 Å². The third-order valence-electron chi connectivity index (χ3n) is 3.21. The molecule has 5 heteroatoms. The number of rotatable bonds is 3. The number of hydrogen-bond donors (Lipinski definition) is 0. The minimum absolute atomic E-state index is 0.382. The quantitative estimate of drug-likeness (QED) is 0.688. The predicted octanol–water partition coefficient (Wildman–Crippen LogP) is 3.06. The second kappa shape index (κ2) is 4.70. The molecule has 0 spiro atoms. The molecule has 0 saturated heterocycles. The first-order valence-electron chi connectivity index (χ1n) is 6.29. The summed E-state index contributed by atoms with van der Waals surface area (Å²) in [5.41, 5.74) is 4.15. The maximum Gasteiger partial charge on any atom is 0.129 e. The van der Waals surface area contributed by atoms with E-state index in [1.165, 1.54) is 0 Å². The average Bonchev–Trinajstić information content (AvgIpc) is 2.97. The van der Waals surface area contributed by atoms with Crippen molar-refractivity contribution in [3.63, 3.8) is 0 Å². The smallest absolute Gasteiger partial charge is 0.129 e. The van der Waals surface area contributed by atoms with Crippen LogP contribution in [0.1, 0.15) is 18.4 Å². The summed E-state index contributed by atoms with van der Waals surface area (Å²) in [6, 6.07) is 8.07. The van der Waals surface area contributed by atoms with E-state index in [4.69, 9.17) is 11.6 Å². The standard InChI is InChI=1S/C14H15ClN4/c1-3-10-13(9-18(2)17-10)19-12-7-5-4-6-11(12)16-14(19)8-15/h4-7,9H,3,8H2,1-2H3. The first kappa shape index (κ1) is 12.2. The van der Waals surface area contributed by atoms with Crippen molar-refractivity contribution in [3.8, 4) is 5.69 Å². The molecule has 3 aromatic rings. The number of alkyl halides is 1. The Kier molecular flexibility index (Phi) is 3.03. The molecule has 19 heavy (non-hydrogen) atoms. The Bertz CT molecular complexity index is 726. The van der Waals surface area contributed by atoms with Crippen LogP contribution in [0, 0.1) is 0 Å². The maximum atomic E-state index is 6.05. The van der Waals surface area contributed by atoms with Crippen LogP contribution in [0.4, 0.5) is 0 Å². The zero-order valence-electron chi connectivity index (χ0n) is 11.0. The Morgan fingerprint density at radius 1 is 1.26 bits per heavy atom. The molecule has 2 aromatic heterocycles. The van der Waals surface area contributed by atoms with Gasteiger partial charge < -0.3 is 0 Å². The molecular weight excluding hydrogens is 260 g/mol. The minimum Gasteiger partial charge on any atom is -0.292 e. The second-order valence-electron chi connectivity index (χ2n) is 4.47. The summed E-state index contributed by atoms with van der Waals surface area (Å²) < 4.78 is 3.94. The van der Waals surface area contributed by atoms with Crippen LogP contribution in [0.3, 0.4) is 0 Å². The van der Waals surface area contributed by atoms with E-state index in [0.717, 1.165) is 34.7 Å². The minimum atomic E-state index is 0.382. The van der Waals surface area contributed by atoms with E-state index in [1.807, 2.05) is 36.1 Å². The van der Waals surface area contributed by atoms with Crippen LogP contribution in [-0.2, 0) is 19.3 Å². The highest BCUT2D eigenvalue weighted by Gasteiger charge is 2.15. The van der Waals surface area contributed by atoms with Gasteiger partial charge in [-0.15, -0.1) is 11.6 Å². The normalized spacial score (nSPS) is 11.3. The van der Waals surface area contributed by atoms with Crippen LogP contribution < -0.4 is 0 Å². The number of aryl methyl sites for hydroxylation is 2. The summed E-state index contributed by atoms with van der Waals surface area (Å²) in [6.45, 7) is 2.10. The van der Waals surface area contributed by atoms with Crippen LogP contribution in [0.25, 0.3) is 16.7 Å². The molecule has 0 amide bonds. The highest BCUT2D eigenvalue weighted by atomic mass is 35.5. The van der Waals surface area contributed by atoms with Crippen molar-refractivity contribution in [2.75, 3.05) is 0 Å². The fourth-order valence-corrected chi connectivity index (χ4v) is 2.57. The molecule has 4 nitrogen and oxygen atoms in total. The molecule has 0 bridgehead atoms. The molecule has 0 fully saturated rings. The number of nitrogens with zero attached hydrogens (tertiary/aromatic N) is 4. The van der Waals surface area contributed by atoms with Gasteiger partial charge in [-0.1, -0.05) is 19.1 Å². The van der Waals surface area contributed by atoms with Gasteiger partial charge in [-0.3, -0.25) is 9.25 Å². The van der Waals surface area contributed by atoms with Crippen LogP contribution in [-0.4, -0.2) is 19.3 Å². The molecule has 1 aromatic carbocycles. The molecule has 98 valence electrons. The number of imidazole rings is 1. The van der Waals surface area contributed by atoms with E-state index in [9.17, 15) is 0 Å². The van der Waals surface area contributed by atoms with E-state index in [0.29, 0.717) is 5.88 Å². The van der Waals surface area contributed by atoms with E-state index >= 15 is 0 Å². The molecule has 0 unspecified atom stereocenters. The highest BCUT2D eigenvalue weighted by molar-refractivity contribution is 6.17. The van der Waals surface area contributed by atoms with Crippen molar-refractivity contribution < 1.29 is 0 Å². The fourth-order valence-electron chi connectivity index (χ4n) is 2.39. The first-order valence-corrected chi connectivity index (χ1v) is 6.83. The number of aromatic nitrogens is 4. The zero-order chi connectivity index (χ0) is 13.4. The highest BCUT2D eigenvalue weighted by Crippen LogP contribution is 2.24. The Hall–Kier alpha value is -1.81. The van der Waals surface area contributed by atoms with Crippen LogP contribution in [0.2, 0.25) is 0 Å². The fraction of sp³-hybridized carbons (Fsp3) is 0.286. The van der Waals surface area contributed by atoms with Gasteiger partial charge in [0.25, 0.3) is 0 Å². The van der Waals surface area contributed by atoms with Crippen molar-refractivity contribution in [3.05, 3.63) is 42.0 Å². The summed E-state index contributed by atoms with van der Waals surface area (Å²) in [4.78, 5) is 4.59. The third-order valence-corrected chi connectivity index (χ3v) is 3.45. The molecule has 0 radical (unpaired) electrons.